The van der Waals surface area contributed by atoms with Crippen molar-refractivity contribution in [3.05, 3.63) is 48.3 Å². The van der Waals surface area contributed by atoms with Gasteiger partial charge in [0.25, 0.3) is 0 Å². The zero-order valence-electron chi connectivity index (χ0n) is 10.4. The highest BCUT2D eigenvalue weighted by Crippen LogP contribution is 2.07. The molecular weight excluding hydrogens is 210 g/mol. The lowest BCUT2D eigenvalue weighted by Gasteiger charge is -2.09. The van der Waals surface area contributed by atoms with Gasteiger partial charge in [-0.05, 0) is 25.5 Å². The fourth-order valence-electron chi connectivity index (χ4n) is 1.61. The molecule has 0 amide bonds. The molecule has 0 saturated heterocycles. The number of nitrogens with zero attached hydrogens (tertiary/aromatic N) is 2. The molecule has 2 rings (SSSR count). The van der Waals surface area contributed by atoms with Crippen molar-refractivity contribution in [2.24, 2.45) is 0 Å². The van der Waals surface area contributed by atoms with Crippen LogP contribution in [0.15, 0.2) is 42.7 Å². The summed E-state index contributed by atoms with van der Waals surface area (Å²) in [5.41, 5.74) is 2.32. The van der Waals surface area contributed by atoms with Crippen LogP contribution in [-0.4, -0.2) is 15.8 Å². The third kappa shape index (κ3) is 3.17. The number of nitrogens with one attached hydrogen (secondary N) is 1. The topological polar surface area (TPSA) is 29.9 Å². The molecule has 0 spiro atoms. The van der Waals surface area contributed by atoms with Crippen LogP contribution < -0.4 is 5.32 Å². The molecule has 1 atom stereocenters. The average Bonchev–Trinajstić information content (AvgIpc) is 2.86. The van der Waals surface area contributed by atoms with E-state index in [1.807, 2.05) is 29.1 Å². The fraction of sp³-hybridized carbons (Fsp3) is 0.357. The second-order valence-corrected chi connectivity index (χ2v) is 4.32. The standard InChI is InChI=1S/C14H19N3/c1-3-12(2)15-9-13-10-16-17(11-13)14-7-5-4-6-8-14/h4-8,10-12,15H,3,9H2,1-2H3. The van der Waals surface area contributed by atoms with Gasteiger partial charge < -0.3 is 5.32 Å². The lowest BCUT2D eigenvalue weighted by Crippen LogP contribution is -2.24. The molecule has 2 aromatic rings. The number of rotatable bonds is 5. The minimum atomic E-state index is 0.551. The van der Waals surface area contributed by atoms with Crippen LogP contribution in [0.3, 0.4) is 0 Å². The first-order valence-electron chi connectivity index (χ1n) is 6.12. The first kappa shape index (κ1) is 11.9. The largest absolute Gasteiger partial charge is 0.310 e. The van der Waals surface area contributed by atoms with Crippen LogP contribution in [0.1, 0.15) is 25.8 Å². The maximum absolute atomic E-state index is 4.37. The van der Waals surface area contributed by atoms with Crippen LogP contribution in [0.25, 0.3) is 5.69 Å². The van der Waals surface area contributed by atoms with E-state index in [0.717, 1.165) is 18.7 Å². The van der Waals surface area contributed by atoms with Crippen LogP contribution in [0.4, 0.5) is 0 Å². The van der Waals surface area contributed by atoms with E-state index in [1.54, 1.807) is 0 Å². The number of aromatic nitrogens is 2. The van der Waals surface area contributed by atoms with Crippen LogP contribution in [0.5, 0.6) is 0 Å². The molecule has 0 radical (unpaired) electrons. The lowest BCUT2D eigenvalue weighted by molar-refractivity contribution is 0.534. The van der Waals surface area contributed by atoms with Crippen molar-refractivity contribution in [3.8, 4) is 5.69 Å². The Bertz CT molecular complexity index is 448. The Morgan fingerprint density at radius 1 is 1.29 bits per heavy atom. The third-order valence-corrected chi connectivity index (χ3v) is 2.92. The Balaban J connectivity index is 2.01. The highest BCUT2D eigenvalue weighted by molar-refractivity contribution is 5.30. The van der Waals surface area contributed by atoms with Gasteiger partial charge in [0.2, 0.25) is 0 Å². The monoisotopic (exact) mass is 229 g/mol. The Hall–Kier alpha value is -1.61. The lowest BCUT2D eigenvalue weighted by atomic mass is 10.2. The first-order valence-corrected chi connectivity index (χ1v) is 6.12. The van der Waals surface area contributed by atoms with E-state index in [9.17, 15) is 0 Å². The summed E-state index contributed by atoms with van der Waals surface area (Å²) in [5, 5.41) is 7.83. The zero-order valence-corrected chi connectivity index (χ0v) is 10.4. The molecule has 1 aromatic heterocycles. The van der Waals surface area contributed by atoms with Gasteiger partial charge in [-0.3, -0.25) is 0 Å². The van der Waals surface area contributed by atoms with E-state index < -0.39 is 0 Å². The summed E-state index contributed by atoms with van der Waals surface area (Å²) in [4.78, 5) is 0. The van der Waals surface area contributed by atoms with Gasteiger partial charge in [-0.2, -0.15) is 5.10 Å². The second-order valence-electron chi connectivity index (χ2n) is 4.32. The number of hydrogen-bond donors (Lipinski definition) is 1. The maximum Gasteiger partial charge on any atom is 0.0645 e. The Kier molecular flexibility index (Phi) is 3.94. The van der Waals surface area contributed by atoms with Crippen molar-refractivity contribution >= 4 is 0 Å². The van der Waals surface area contributed by atoms with Gasteiger partial charge >= 0.3 is 0 Å². The van der Waals surface area contributed by atoms with Crippen molar-refractivity contribution in [3.63, 3.8) is 0 Å². The molecule has 0 bridgehead atoms. The highest BCUT2D eigenvalue weighted by Gasteiger charge is 2.02. The van der Waals surface area contributed by atoms with E-state index in [4.69, 9.17) is 0 Å². The van der Waals surface area contributed by atoms with Gasteiger partial charge in [0, 0.05) is 24.3 Å². The second kappa shape index (κ2) is 5.64. The van der Waals surface area contributed by atoms with Crippen LogP contribution in [0.2, 0.25) is 0 Å². The molecule has 17 heavy (non-hydrogen) atoms. The molecule has 90 valence electrons. The van der Waals surface area contributed by atoms with Gasteiger partial charge in [-0.1, -0.05) is 25.1 Å². The minimum Gasteiger partial charge on any atom is -0.310 e. The molecule has 3 heteroatoms. The maximum atomic E-state index is 4.37. The van der Waals surface area contributed by atoms with Gasteiger partial charge in [0.05, 0.1) is 11.9 Å². The van der Waals surface area contributed by atoms with Crippen LogP contribution in [0, 0.1) is 0 Å². The number of benzene rings is 1. The molecule has 3 nitrogen and oxygen atoms in total. The van der Waals surface area contributed by atoms with E-state index >= 15 is 0 Å². The minimum absolute atomic E-state index is 0.551. The summed E-state index contributed by atoms with van der Waals surface area (Å²) in [6.45, 7) is 5.26. The quantitative estimate of drug-likeness (QED) is 0.854. The SMILES string of the molecule is CCC(C)NCc1cnn(-c2ccccc2)c1. The third-order valence-electron chi connectivity index (χ3n) is 2.92. The molecule has 0 saturated carbocycles. The van der Waals surface area contributed by atoms with Gasteiger partial charge in [0.15, 0.2) is 0 Å². The van der Waals surface area contributed by atoms with Crippen LogP contribution in [-0.2, 0) is 6.54 Å². The molecule has 1 aromatic carbocycles. The smallest absolute Gasteiger partial charge is 0.0645 e. The number of hydrogen-bond acceptors (Lipinski definition) is 2. The Morgan fingerprint density at radius 2 is 2.06 bits per heavy atom. The van der Waals surface area contributed by atoms with E-state index in [2.05, 4.69) is 42.6 Å². The van der Waals surface area contributed by atoms with E-state index in [0.29, 0.717) is 6.04 Å². The van der Waals surface area contributed by atoms with Crippen molar-refractivity contribution in [2.75, 3.05) is 0 Å². The molecule has 1 N–H and O–H groups in total. The summed E-state index contributed by atoms with van der Waals surface area (Å²) in [6.07, 6.45) is 5.14. The number of para-hydroxylation sites is 1. The van der Waals surface area contributed by atoms with E-state index in [1.165, 1.54) is 5.56 Å². The predicted octanol–water partition coefficient (Wildman–Crippen LogP) is 2.76. The Morgan fingerprint density at radius 3 is 2.76 bits per heavy atom. The van der Waals surface area contributed by atoms with E-state index in [-0.39, 0.29) is 0 Å². The predicted molar refractivity (Wildman–Crippen MR) is 70.2 cm³/mol. The molecule has 0 fully saturated rings. The summed E-state index contributed by atoms with van der Waals surface area (Å²) in [7, 11) is 0. The summed E-state index contributed by atoms with van der Waals surface area (Å²) >= 11 is 0. The molecule has 0 aliphatic rings. The highest BCUT2D eigenvalue weighted by atomic mass is 15.3. The van der Waals surface area contributed by atoms with Crippen molar-refractivity contribution in [1.82, 2.24) is 15.1 Å². The van der Waals surface area contributed by atoms with Crippen molar-refractivity contribution in [1.29, 1.82) is 0 Å². The normalized spacial score (nSPS) is 12.6. The molecule has 0 aliphatic heterocycles. The van der Waals surface area contributed by atoms with Crippen LogP contribution >= 0.6 is 0 Å². The zero-order chi connectivity index (χ0) is 12.1. The summed E-state index contributed by atoms with van der Waals surface area (Å²) < 4.78 is 1.91. The van der Waals surface area contributed by atoms with Gasteiger partial charge in [-0.25, -0.2) is 4.68 Å². The summed E-state index contributed by atoms with van der Waals surface area (Å²) in [5.74, 6) is 0. The average molecular weight is 229 g/mol. The van der Waals surface area contributed by atoms with Crippen molar-refractivity contribution < 1.29 is 0 Å². The summed E-state index contributed by atoms with van der Waals surface area (Å²) in [6, 6.07) is 10.7. The Labute approximate surface area is 102 Å². The molecule has 1 unspecified atom stereocenters. The van der Waals surface area contributed by atoms with Gasteiger partial charge in [-0.15, -0.1) is 0 Å². The molecule has 0 aliphatic carbocycles. The molecule has 1 heterocycles. The van der Waals surface area contributed by atoms with Gasteiger partial charge in [0.1, 0.15) is 0 Å². The fourth-order valence-corrected chi connectivity index (χ4v) is 1.61. The first-order chi connectivity index (χ1) is 8.29. The van der Waals surface area contributed by atoms with Crippen molar-refractivity contribution in [2.45, 2.75) is 32.9 Å². The molecular formula is C14H19N3.